The second kappa shape index (κ2) is 5.74. The highest BCUT2D eigenvalue weighted by molar-refractivity contribution is 7.65. The van der Waals surface area contributed by atoms with Crippen LogP contribution in [0.2, 0.25) is 0 Å². The smallest absolute Gasteiger partial charge is 0.0115 e. The second-order valence-electron chi connectivity index (χ2n) is 6.37. The lowest BCUT2D eigenvalue weighted by Gasteiger charge is -2.48. The molecule has 1 fully saturated rings. The maximum atomic E-state index is 2.54. The minimum Gasteiger partial charge on any atom is -0.0748 e. The van der Waals surface area contributed by atoms with E-state index < -0.39 is 0 Å². The summed E-state index contributed by atoms with van der Waals surface area (Å²) in [5, 5.41) is 1.59. The van der Waals surface area contributed by atoms with E-state index in [-0.39, 0.29) is 7.92 Å². The van der Waals surface area contributed by atoms with Gasteiger partial charge in [0.05, 0.1) is 0 Å². The third-order valence-electron chi connectivity index (χ3n) is 5.15. The fourth-order valence-electron chi connectivity index (χ4n) is 3.49. The molecule has 0 amide bonds. The Kier molecular flexibility index (Phi) is 4.49. The van der Waals surface area contributed by atoms with Crippen LogP contribution in [0, 0.1) is 11.3 Å². The van der Waals surface area contributed by atoms with E-state index in [2.05, 4.69) is 57.8 Å². The second-order valence-corrected chi connectivity index (χ2v) is 8.73. The Morgan fingerprint density at radius 3 is 2.44 bits per heavy atom. The third kappa shape index (κ3) is 2.64. The first-order chi connectivity index (χ1) is 8.55. The molecule has 0 aromatic heterocycles. The van der Waals surface area contributed by atoms with Crippen molar-refractivity contribution in [2.75, 3.05) is 6.66 Å². The predicted octanol–water partition coefficient (Wildman–Crippen LogP) is 5.03. The van der Waals surface area contributed by atoms with E-state index >= 15 is 0 Å². The molecule has 1 aromatic carbocycles. The molecule has 0 radical (unpaired) electrons. The van der Waals surface area contributed by atoms with E-state index in [0.29, 0.717) is 5.41 Å². The maximum Gasteiger partial charge on any atom is -0.0115 e. The minimum atomic E-state index is -0.0142. The lowest BCUT2D eigenvalue weighted by molar-refractivity contribution is 0.150. The highest BCUT2D eigenvalue weighted by Crippen LogP contribution is 2.55. The van der Waals surface area contributed by atoms with Crippen molar-refractivity contribution in [3.8, 4) is 0 Å². The molecular weight excluding hydrogens is 235 g/mol. The SMILES string of the molecule is CC(C)C1(C)CCCCC1P(C)c1ccccc1. The summed E-state index contributed by atoms with van der Waals surface area (Å²) in [6.07, 6.45) is 5.73. The van der Waals surface area contributed by atoms with Crippen LogP contribution in [0.25, 0.3) is 0 Å². The Labute approximate surface area is 114 Å². The van der Waals surface area contributed by atoms with Gasteiger partial charge in [-0.3, -0.25) is 0 Å². The minimum absolute atomic E-state index is 0.0142. The van der Waals surface area contributed by atoms with Gasteiger partial charge in [-0.15, -0.1) is 0 Å². The average molecular weight is 262 g/mol. The summed E-state index contributed by atoms with van der Waals surface area (Å²) in [5.74, 6) is 0.802. The summed E-state index contributed by atoms with van der Waals surface area (Å²) in [6.45, 7) is 9.89. The van der Waals surface area contributed by atoms with Gasteiger partial charge in [0, 0.05) is 0 Å². The van der Waals surface area contributed by atoms with Crippen molar-refractivity contribution in [2.45, 2.75) is 52.1 Å². The molecule has 100 valence electrons. The lowest BCUT2D eigenvalue weighted by atomic mass is 9.68. The van der Waals surface area contributed by atoms with Crippen LogP contribution in [0.3, 0.4) is 0 Å². The molecule has 3 atom stereocenters. The molecule has 3 unspecified atom stereocenters. The van der Waals surface area contributed by atoms with Crippen LogP contribution in [0.5, 0.6) is 0 Å². The number of benzene rings is 1. The van der Waals surface area contributed by atoms with Gasteiger partial charge in [0.1, 0.15) is 0 Å². The number of hydrogen-bond donors (Lipinski definition) is 0. The predicted molar refractivity (Wildman–Crippen MR) is 84.1 cm³/mol. The van der Waals surface area contributed by atoms with Gasteiger partial charge in [-0.05, 0) is 41.8 Å². The van der Waals surface area contributed by atoms with Gasteiger partial charge < -0.3 is 0 Å². The molecule has 0 spiro atoms. The van der Waals surface area contributed by atoms with Crippen LogP contribution in [0.1, 0.15) is 46.5 Å². The molecule has 1 aliphatic carbocycles. The van der Waals surface area contributed by atoms with Gasteiger partial charge in [0.15, 0.2) is 0 Å². The summed E-state index contributed by atoms with van der Waals surface area (Å²) in [6, 6.07) is 11.2. The van der Waals surface area contributed by atoms with Crippen LogP contribution >= 0.6 is 7.92 Å². The topological polar surface area (TPSA) is 0 Å². The van der Waals surface area contributed by atoms with E-state index in [0.717, 1.165) is 11.6 Å². The monoisotopic (exact) mass is 262 g/mol. The van der Waals surface area contributed by atoms with Gasteiger partial charge in [-0.2, -0.15) is 0 Å². The normalized spacial score (nSPS) is 30.4. The van der Waals surface area contributed by atoms with E-state index in [4.69, 9.17) is 0 Å². The average Bonchev–Trinajstić information content (AvgIpc) is 2.39. The quantitative estimate of drug-likeness (QED) is 0.670. The highest BCUT2D eigenvalue weighted by Gasteiger charge is 2.41. The summed E-state index contributed by atoms with van der Waals surface area (Å²) in [5.41, 5.74) is 1.46. The van der Waals surface area contributed by atoms with E-state index in [9.17, 15) is 0 Å². The van der Waals surface area contributed by atoms with E-state index in [1.165, 1.54) is 25.7 Å². The Hall–Kier alpha value is -0.350. The van der Waals surface area contributed by atoms with Crippen molar-refractivity contribution in [1.82, 2.24) is 0 Å². The zero-order valence-corrected chi connectivity index (χ0v) is 13.2. The summed E-state index contributed by atoms with van der Waals surface area (Å²) >= 11 is 0. The summed E-state index contributed by atoms with van der Waals surface area (Å²) in [4.78, 5) is 0. The van der Waals surface area contributed by atoms with Gasteiger partial charge in [0.2, 0.25) is 0 Å². The molecule has 1 aliphatic rings. The fourth-order valence-corrected chi connectivity index (χ4v) is 6.38. The third-order valence-corrected chi connectivity index (χ3v) is 8.05. The Morgan fingerprint density at radius 1 is 1.17 bits per heavy atom. The molecular formula is C17H27P. The first-order valence-corrected chi connectivity index (χ1v) is 9.19. The van der Waals surface area contributed by atoms with E-state index in [1.54, 1.807) is 5.30 Å². The van der Waals surface area contributed by atoms with Crippen LogP contribution in [0.4, 0.5) is 0 Å². The number of rotatable bonds is 3. The molecule has 0 N–H and O–H groups in total. The van der Waals surface area contributed by atoms with Gasteiger partial charge in [0.25, 0.3) is 0 Å². The fraction of sp³-hybridized carbons (Fsp3) is 0.647. The number of hydrogen-bond acceptors (Lipinski definition) is 0. The Morgan fingerprint density at radius 2 is 1.83 bits per heavy atom. The molecule has 1 saturated carbocycles. The Balaban J connectivity index is 2.24. The lowest BCUT2D eigenvalue weighted by Crippen LogP contribution is -2.40. The van der Waals surface area contributed by atoms with Crippen molar-refractivity contribution in [3.63, 3.8) is 0 Å². The van der Waals surface area contributed by atoms with Crippen molar-refractivity contribution in [2.24, 2.45) is 11.3 Å². The molecule has 1 heteroatoms. The van der Waals surface area contributed by atoms with Crippen LogP contribution in [-0.4, -0.2) is 12.3 Å². The first kappa shape index (κ1) is 14.1. The molecule has 0 heterocycles. The van der Waals surface area contributed by atoms with Gasteiger partial charge >= 0.3 is 0 Å². The molecule has 0 saturated heterocycles. The molecule has 2 rings (SSSR count). The van der Waals surface area contributed by atoms with Crippen molar-refractivity contribution < 1.29 is 0 Å². The zero-order chi connectivity index (χ0) is 13.2. The van der Waals surface area contributed by atoms with E-state index in [1.807, 2.05) is 0 Å². The van der Waals surface area contributed by atoms with Gasteiger partial charge in [-0.25, -0.2) is 0 Å². The maximum absolute atomic E-state index is 2.54. The summed E-state index contributed by atoms with van der Waals surface area (Å²) < 4.78 is 0. The Bertz CT molecular complexity index is 370. The first-order valence-electron chi connectivity index (χ1n) is 7.33. The molecule has 18 heavy (non-hydrogen) atoms. The molecule has 0 aliphatic heterocycles. The van der Waals surface area contributed by atoms with Gasteiger partial charge in [-0.1, -0.05) is 71.9 Å². The van der Waals surface area contributed by atoms with Crippen molar-refractivity contribution >= 4 is 13.2 Å². The molecule has 0 nitrogen and oxygen atoms in total. The summed E-state index contributed by atoms with van der Waals surface area (Å²) in [7, 11) is -0.0142. The van der Waals surface area contributed by atoms with Crippen LogP contribution < -0.4 is 5.30 Å². The highest BCUT2D eigenvalue weighted by atomic mass is 31.1. The van der Waals surface area contributed by atoms with Crippen LogP contribution in [0.15, 0.2) is 30.3 Å². The van der Waals surface area contributed by atoms with Crippen molar-refractivity contribution in [3.05, 3.63) is 30.3 Å². The standard InChI is InChI=1S/C17H27P/c1-14(2)17(3)13-9-8-12-16(17)18(4)15-10-6-5-7-11-15/h5-7,10-11,14,16H,8-9,12-13H2,1-4H3. The van der Waals surface area contributed by atoms with Crippen molar-refractivity contribution in [1.29, 1.82) is 0 Å². The van der Waals surface area contributed by atoms with Crippen LogP contribution in [-0.2, 0) is 0 Å². The molecule has 0 bridgehead atoms. The molecule has 1 aromatic rings. The largest absolute Gasteiger partial charge is 0.0748 e. The zero-order valence-electron chi connectivity index (χ0n) is 12.3.